The maximum atomic E-state index is 12.6. The molecule has 0 fully saturated rings. The van der Waals surface area contributed by atoms with Gasteiger partial charge >= 0.3 is 13.8 Å². The van der Waals surface area contributed by atoms with Crippen molar-refractivity contribution in [2.45, 2.75) is 232 Å². The molecule has 0 heterocycles. The molecule has 8 nitrogen and oxygen atoms in total. The quantitative estimate of drug-likeness (QED) is 0.0270. The molecule has 2 atom stereocenters. The van der Waals surface area contributed by atoms with Crippen LogP contribution in [0.3, 0.4) is 0 Å². The zero-order chi connectivity index (χ0) is 41.6. The standard InChI is InChI=1S/C48H92NO7P/c1-3-5-7-9-11-13-15-17-19-20-21-22-23-24-25-26-27-28-29-31-33-35-37-39-41-48(50)56-47(46-55-57(51,52)54-44-42-49)45-53-43-40-38-36-34-32-30-18-16-14-12-10-8-6-4-2/h6,8,12,14,18,30,47H,3-5,7,9-11,13,15-17,19-29,31-46,49H2,1-2H3,(H,51,52)/b8-6-,14-12-,30-18-. The molecular weight excluding hydrogens is 734 g/mol. The molecule has 2 unspecified atom stereocenters. The molecule has 0 rings (SSSR count). The van der Waals surface area contributed by atoms with Crippen LogP contribution in [0.2, 0.25) is 0 Å². The molecule has 0 aromatic rings. The van der Waals surface area contributed by atoms with Crippen LogP contribution in [0.1, 0.15) is 226 Å². The van der Waals surface area contributed by atoms with Crippen LogP contribution in [0, 0.1) is 0 Å². The van der Waals surface area contributed by atoms with Gasteiger partial charge in [0.1, 0.15) is 6.10 Å². The Morgan fingerprint density at radius 1 is 0.544 bits per heavy atom. The van der Waals surface area contributed by atoms with Gasteiger partial charge in [-0.25, -0.2) is 4.57 Å². The van der Waals surface area contributed by atoms with Crippen LogP contribution in [0.25, 0.3) is 0 Å². The minimum Gasteiger partial charge on any atom is -0.457 e. The Balaban J connectivity index is 3.91. The third-order valence-electron chi connectivity index (χ3n) is 10.3. The zero-order valence-corrected chi connectivity index (χ0v) is 38.2. The van der Waals surface area contributed by atoms with E-state index in [1.165, 1.54) is 135 Å². The highest BCUT2D eigenvalue weighted by molar-refractivity contribution is 7.47. The molecular formula is C48H92NO7P. The predicted molar refractivity (Wildman–Crippen MR) is 243 cm³/mol. The highest BCUT2D eigenvalue weighted by Crippen LogP contribution is 2.43. The Kier molecular flexibility index (Phi) is 44.8. The number of allylic oxidation sites excluding steroid dienone is 6. The molecule has 0 saturated carbocycles. The normalized spacial score (nSPS) is 13.7. The van der Waals surface area contributed by atoms with Crippen molar-refractivity contribution in [3.8, 4) is 0 Å². The third kappa shape index (κ3) is 45.7. The van der Waals surface area contributed by atoms with Crippen LogP contribution in [-0.4, -0.2) is 49.9 Å². The number of rotatable bonds is 46. The number of ether oxygens (including phenoxy) is 2. The summed E-state index contributed by atoms with van der Waals surface area (Å²) in [7, 11) is -4.28. The molecule has 0 radical (unpaired) electrons. The lowest BCUT2D eigenvalue weighted by atomic mass is 10.0. The fraction of sp³-hybridized carbons (Fsp3) is 0.854. The summed E-state index contributed by atoms with van der Waals surface area (Å²) in [4.78, 5) is 22.5. The first-order valence-corrected chi connectivity index (χ1v) is 25.5. The number of carbonyl (C=O) groups is 1. The van der Waals surface area contributed by atoms with Crippen molar-refractivity contribution in [3.63, 3.8) is 0 Å². The highest BCUT2D eigenvalue weighted by Gasteiger charge is 2.25. The maximum absolute atomic E-state index is 12.6. The second-order valence-corrected chi connectivity index (χ2v) is 17.4. The van der Waals surface area contributed by atoms with E-state index in [9.17, 15) is 14.3 Å². The van der Waals surface area contributed by atoms with Gasteiger partial charge in [-0.15, -0.1) is 0 Å². The van der Waals surface area contributed by atoms with Gasteiger partial charge in [0.15, 0.2) is 0 Å². The Hall–Kier alpha value is -1.28. The minimum atomic E-state index is -4.28. The van der Waals surface area contributed by atoms with Gasteiger partial charge in [0.05, 0.1) is 19.8 Å². The van der Waals surface area contributed by atoms with E-state index >= 15 is 0 Å². The topological polar surface area (TPSA) is 117 Å². The van der Waals surface area contributed by atoms with Gasteiger partial charge in [0.2, 0.25) is 0 Å². The second-order valence-electron chi connectivity index (χ2n) is 16.0. The van der Waals surface area contributed by atoms with Crippen molar-refractivity contribution in [1.29, 1.82) is 0 Å². The second kappa shape index (κ2) is 45.8. The minimum absolute atomic E-state index is 0.0971. The van der Waals surface area contributed by atoms with Crippen LogP contribution >= 0.6 is 7.82 Å². The van der Waals surface area contributed by atoms with Crippen molar-refractivity contribution in [2.24, 2.45) is 5.73 Å². The molecule has 0 saturated heterocycles. The SMILES string of the molecule is CC/C=C\C/C=C\C/C=C\CCCCCCOCC(COP(=O)(O)OCCN)OC(=O)CCCCCCCCCCCCCCCCCCCCCCCCCC. The molecule has 57 heavy (non-hydrogen) atoms. The van der Waals surface area contributed by atoms with E-state index in [-0.39, 0.29) is 32.3 Å². The van der Waals surface area contributed by atoms with E-state index in [4.69, 9.17) is 24.3 Å². The van der Waals surface area contributed by atoms with Crippen LogP contribution in [-0.2, 0) is 27.9 Å². The van der Waals surface area contributed by atoms with Crippen molar-refractivity contribution in [1.82, 2.24) is 0 Å². The van der Waals surface area contributed by atoms with Crippen LogP contribution < -0.4 is 5.73 Å². The van der Waals surface area contributed by atoms with E-state index in [0.29, 0.717) is 13.0 Å². The molecule has 0 aliphatic rings. The Morgan fingerprint density at radius 2 is 0.982 bits per heavy atom. The first-order chi connectivity index (χ1) is 27.9. The smallest absolute Gasteiger partial charge is 0.457 e. The molecule has 3 N–H and O–H groups in total. The molecule has 0 aromatic heterocycles. The Morgan fingerprint density at radius 3 is 1.47 bits per heavy atom. The fourth-order valence-corrected chi connectivity index (χ4v) is 7.60. The summed E-state index contributed by atoms with van der Waals surface area (Å²) < 4.78 is 33.5. The number of phosphoric acid groups is 1. The van der Waals surface area contributed by atoms with Gasteiger partial charge in [-0.2, -0.15) is 0 Å². The Bertz CT molecular complexity index is 972. The number of carbonyl (C=O) groups excluding carboxylic acids is 1. The van der Waals surface area contributed by atoms with Crippen molar-refractivity contribution in [3.05, 3.63) is 36.5 Å². The lowest BCUT2D eigenvalue weighted by Crippen LogP contribution is -2.28. The van der Waals surface area contributed by atoms with Crippen molar-refractivity contribution < 1.29 is 32.8 Å². The average molecular weight is 826 g/mol. The number of esters is 1. The van der Waals surface area contributed by atoms with Crippen LogP contribution in [0.4, 0.5) is 0 Å². The third-order valence-corrected chi connectivity index (χ3v) is 11.3. The number of unbranched alkanes of at least 4 members (excludes halogenated alkanes) is 27. The summed E-state index contributed by atoms with van der Waals surface area (Å²) in [5.74, 6) is -0.335. The summed E-state index contributed by atoms with van der Waals surface area (Å²) in [6.07, 6.45) is 53.3. The number of hydrogen-bond donors (Lipinski definition) is 2. The Labute approximate surface area is 352 Å². The van der Waals surface area contributed by atoms with Gasteiger partial charge in [-0.3, -0.25) is 13.8 Å². The molecule has 0 bridgehead atoms. The van der Waals surface area contributed by atoms with Crippen molar-refractivity contribution in [2.75, 3.05) is 33.0 Å². The van der Waals surface area contributed by atoms with Gasteiger partial charge in [-0.05, 0) is 44.9 Å². The number of hydrogen-bond acceptors (Lipinski definition) is 7. The highest BCUT2D eigenvalue weighted by atomic mass is 31.2. The largest absolute Gasteiger partial charge is 0.472 e. The van der Waals surface area contributed by atoms with Crippen molar-refractivity contribution >= 4 is 13.8 Å². The van der Waals surface area contributed by atoms with Gasteiger partial charge in [-0.1, -0.05) is 211 Å². The van der Waals surface area contributed by atoms with E-state index in [1.54, 1.807) is 0 Å². The van der Waals surface area contributed by atoms with E-state index in [0.717, 1.165) is 70.6 Å². The van der Waals surface area contributed by atoms with Gasteiger partial charge in [0, 0.05) is 19.6 Å². The van der Waals surface area contributed by atoms with Gasteiger partial charge in [0.25, 0.3) is 0 Å². The number of phosphoric ester groups is 1. The summed E-state index contributed by atoms with van der Waals surface area (Å²) in [5, 5.41) is 0. The van der Waals surface area contributed by atoms with Gasteiger partial charge < -0.3 is 20.1 Å². The maximum Gasteiger partial charge on any atom is 0.472 e. The van der Waals surface area contributed by atoms with Crippen LogP contribution in [0.15, 0.2) is 36.5 Å². The molecule has 0 aromatic carbocycles. The summed E-state index contributed by atoms with van der Waals surface area (Å²) in [6, 6.07) is 0. The molecule has 0 aliphatic heterocycles. The first kappa shape index (κ1) is 55.7. The molecule has 0 aliphatic carbocycles. The number of nitrogens with two attached hydrogens (primary N) is 1. The fourth-order valence-electron chi connectivity index (χ4n) is 6.84. The first-order valence-electron chi connectivity index (χ1n) is 24.0. The monoisotopic (exact) mass is 826 g/mol. The van der Waals surface area contributed by atoms with Crippen LogP contribution in [0.5, 0.6) is 0 Å². The summed E-state index contributed by atoms with van der Waals surface area (Å²) in [6.45, 7) is 4.79. The zero-order valence-electron chi connectivity index (χ0n) is 37.3. The average Bonchev–Trinajstić information content (AvgIpc) is 3.20. The lowest BCUT2D eigenvalue weighted by molar-refractivity contribution is -0.154. The molecule has 9 heteroatoms. The lowest BCUT2D eigenvalue weighted by Gasteiger charge is -2.20. The van der Waals surface area contributed by atoms with E-state index in [2.05, 4.69) is 50.3 Å². The molecule has 0 amide bonds. The summed E-state index contributed by atoms with van der Waals surface area (Å²) in [5.41, 5.74) is 5.37. The molecule has 0 spiro atoms. The summed E-state index contributed by atoms with van der Waals surface area (Å²) >= 11 is 0. The van der Waals surface area contributed by atoms with E-state index in [1.807, 2.05) is 0 Å². The molecule has 336 valence electrons. The predicted octanol–water partition coefficient (Wildman–Crippen LogP) is 14.6. The van der Waals surface area contributed by atoms with E-state index < -0.39 is 13.9 Å².